The molecule has 4 heterocycles. The molecular weight excluding hydrogens is 504 g/mol. The van der Waals surface area contributed by atoms with Crippen LogP contribution in [0.2, 0.25) is 0 Å². The zero-order valence-electron chi connectivity index (χ0n) is 23.5. The molecule has 40 heavy (non-hydrogen) atoms. The van der Waals surface area contributed by atoms with Crippen LogP contribution < -0.4 is 14.8 Å². The number of nitrogens with one attached hydrogen (secondary N) is 2. The van der Waals surface area contributed by atoms with Crippen molar-refractivity contribution >= 4 is 16.9 Å². The number of carbonyl (C=O) groups excluding carboxylic acids is 1. The van der Waals surface area contributed by atoms with Crippen molar-refractivity contribution in [1.29, 1.82) is 0 Å². The normalized spacial score (nSPS) is 25.3. The summed E-state index contributed by atoms with van der Waals surface area (Å²) in [5, 5.41) is 15.4. The minimum absolute atomic E-state index is 0.00576. The Morgan fingerprint density at radius 2 is 1.98 bits per heavy atom. The van der Waals surface area contributed by atoms with Gasteiger partial charge < -0.3 is 29.8 Å². The Morgan fingerprint density at radius 3 is 2.80 bits per heavy atom. The molecule has 1 aliphatic carbocycles. The Labute approximate surface area is 235 Å². The molecule has 0 spiro atoms. The number of urea groups is 1. The maximum Gasteiger partial charge on any atom is 0.317 e. The van der Waals surface area contributed by atoms with E-state index in [1.54, 1.807) is 0 Å². The van der Waals surface area contributed by atoms with Gasteiger partial charge in [-0.05, 0) is 55.9 Å². The van der Waals surface area contributed by atoms with Gasteiger partial charge in [0.15, 0.2) is 11.5 Å². The fourth-order valence-electron chi connectivity index (χ4n) is 7.62. The average Bonchev–Trinajstić information content (AvgIpc) is 3.61. The number of carbonyl (C=O) groups is 1. The fourth-order valence-corrected chi connectivity index (χ4v) is 7.62. The average molecular weight is 545 g/mol. The second kappa shape index (κ2) is 10.3. The first kappa shape index (κ1) is 25.7. The Bertz CT molecular complexity index is 1410. The van der Waals surface area contributed by atoms with Gasteiger partial charge in [-0.25, -0.2) is 4.79 Å². The monoisotopic (exact) mass is 544 g/mol. The number of piperidine rings is 1. The lowest BCUT2D eigenvalue weighted by molar-refractivity contribution is -0.0193. The molecule has 1 saturated carbocycles. The number of rotatable bonds is 4. The summed E-state index contributed by atoms with van der Waals surface area (Å²) in [5.41, 5.74) is 6.02. The van der Waals surface area contributed by atoms with Gasteiger partial charge >= 0.3 is 6.03 Å². The molecule has 1 aromatic heterocycles. The predicted molar refractivity (Wildman–Crippen MR) is 155 cm³/mol. The number of para-hydroxylation sites is 1. The van der Waals surface area contributed by atoms with Crippen LogP contribution in [0.4, 0.5) is 4.79 Å². The first-order valence-electron chi connectivity index (χ1n) is 15.0. The van der Waals surface area contributed by atoms with Gasteiger partial charge in [0.05, 0.1) is 17.7 Å². The number of amides is 2. The number of nitrogens with zero attached hydrogens (tertiary/aromatic N) is 2. The van der Waals surface area contributed by atoms with Crippen molar-refractivity contribution in [2.24, 2.45) is 5.92 Å². The molecule has 2 aromatic carbocycles. The number of ether oxygens (including phenoxy) is 2. The zero-order valence-corrected chi connectivity index (χ0v) is 23.5. The number of benzene rings is 2. The second-order valence-corrected chi connectivity index (χ2v) is 12.2. The standard InChI is InChI=1S/C32H40N4O4/c1-19(37)25-17-36-14-13-24-23-10-6-9-22(20-11-12-28-29(15-20)40-18-39-28)30(23)34-31(24)27(36)16-26(25)35(2)32(38)33-21-7-4-3-5-8-21/h6,9-12,15,19,21,25-27,34,37H,3-5,7-8,13-14,16-18H2,1-2H3,(H,33,38)/t19-,25-,26-,27-/m0/s1. The SMILES string of the molecule is C[C@H](O)[C@@H]1CN2CCc3c([nH]c4c(-c5ccc6c(c5)OCO6)cccc34)[C@@H]2C[C@@H]1N(C)C(=O)NC1CCCCC1. The van der Waals surface area contributed by atoms with Gasteiger partial charge in [-0.2, -0.15) is 0 Å². The molecule has 0 bridgehead atoms. The molecule has 8 nitrogen and oxygen atoms in total. The lowest BCUT2D eigenvalue weighted by Gasteiger charge is -2.49. The highest BCUT2D eigenvalue weighted by molar-refractivity contribution is 5.97. The van der Waals surface area contributed by atoms with E-state index in [-0.39, 0.29) is 36.9 Å². The number of aliphatic hydroxyl groups is 1. The van der Waals surface area contributed by atoms with Gasteiger partial charge in [0.2, 0.25) is 6.79 Å². The summed E-state index contributed by atoms with van der Waals surface area (Å²) in [5.74, 6) is 1.58. The van der Waals surface area contributed by atoms with Crippen LogP contribution in [0.25, 0.3) is 22.0 Å². The predicted octanol–water partition coefficient (Wildman–Crippen LogP) is 5.21. The number of aromatic amines is 1. The van der Waals surface area contributed by atoms with Crippen molar-refractivity contribution < 1.29 is 19.4 Å². The van der Waals surface area contributed by atoms with E-state index in [0.717, 1.165) is 66.9 Å². The third kappa shape index (κ3) is 4.41. The van der Waals surface area contributed by atoms with E-state index in [9.17, 15) is 9.90 Å². The summed E-state index contributed by atoms with van der Waals surface area (Å²) in [6.45, 7) is 3.87. The third-order valence-electron chi connectivity index (χ3n) is 9.86. The van der Waals surface area contributed by atoms with Crippen LogP contribution in [-0.2, 0) is 6.42 Å². The summed E-state index contributed by atoms with van der Waals surface area (Å²) in [7, 11) is 1.92. The summed E-state index contributed by atoms with van der Waals surface area (Å²) in [6, 6.07) is 13.0. The zero-order chi connectivity index (χ0) is 27.4. The molecule has 4 atom stereocenters. The van der Waals surface area contributed by atoms with Crippen molar-refractivity contribution in [3.63, 3.8) is 0 Å². The van der Waals surface area contributed by atoms with E-state index in [1.807, 2.05) is 24.9 Å². The summed E-state index contributed by atoms with van der Waals surface area (Å²) in [4.78, 5) is 21.7. The highest BCUT2D eigenvalue weighted by Crippen LogP contribution is 2.45. The van der Waals surface area contributed by atoms with Crippen LogP contribution in [0.1, 0.15) is 62.7 Å². The van der Waals surface area contributed by atoms with Crippen LogP contribution in [0.3, 0.4) is 0 Å². The minimum atomic E-state index is -0.488. The number of fused-ring (bicyclic) bond motifs is 6. The van der Waals surface area contributed by atoms with E-state index >= 15 is 0 Å². The van der Waals surface area contributed by atoms with Crippen molar-refractivity contribution in [2.45, 2.75) is 76.1 Å². The summed E-state index contributed by atoms with van der Waals surface area (Å²) in [6.07, 6.45) is 7.02. The topological polar surface area (TPSA) is 90.1 Å². The Hall–Kier alpha value is -3.23. The van der Waals surface area contributed by atoms with E-state index in [4.69, 9.17) is 9.47 Å². The first-order chi connectivity index (χ1) is 19.5. The second-order valence-electron chi connectivity index (χ2n) is 12.2. The summed E-state index contributed by atoms with van der Waals surface area (Å²) >= 11 is 0. The van der Waals surface area contributed by atoms with Crippen LogP contribution in [0.15, 0.2) is 36.4 Å². The number of H-pyrrole nitrogens is 1. The van der Waals surface area contributed by atoms with Gasteiger partial charge in [-0.3, -0.25) is 4.90 Å². The lowest BCUT2D eigenvalue weighted by atomic mass is 9.80. The van der Waals surface area contributed by atoms with Crippen molar-refractivity contribution in [3.8, 4) is 22.6 Å². The Kier molecular flexibility index (Phi) is 6.63. The molecule has 7 rings (SSSR count). The molecule has 8 heteroatoms. The molecule has 2 fully saturated rings. The van der Waals surface area contributed by atoms with Gasteiger partial charge in [0.1, 0.15) is 0 Å². The fraction of sp³-hybridized carbons (Fsp3) is 0.531. The van der Waals surface area contributed by atoms with Crippen LogP contribution in [0, 0.1) is 5.92 Å². The number of aliphatic hydroxyl groups excluding tert-OH is 1. The Morgan fingerprint density at radius 1 is 1.15 bits per heavy atom. The molecule has 3 N–H and O–H groups in total. The third-order valence-corrected chi connectivity index (χ3v) is 9.86. The smallest absolute Gasteiger partial charge is 0.317 e. The molecule has 212 valence electrons. The van der Waals surface area contributed by atoms with Gasteiger partial charge in [0, 0.05) is 54.8 Å². The van der Waals surface area contributed by atoms with Crippen LogP contribution >= 0.6 is 0 Å². The van der Waals surface area contributed by atoms with Gasteiger partial charge in [-0.15, -0.1) is 0 Å². The van der Waals surface area contributed by atoms with Crippen molar-refractivity contribution in [2.75, 3.05) is 26.9 Å². The van der Waals surface area contributed by atoms with Crippen LogP contribution in [0.5, 0.6) is 11.5 Å². The Balaban J connectivity index is 1.20. The molecule has 1 saturated heterocycles. The number of hydrogen-bond acceptors (Lipinski definition) is 5. The van der Waals surface area contributed by atoms with E-state index < -0.39 is 6.10 Å². The maximum atomic E-state index is 13.4. The maximum absolute atomic E-state index is 13.4. The molecule has 0 unspecified atom stereocenters. The molecule has 4 aliphatic rings. The lowest BCUT2D eigenvalue weighted by Crippen LogP contribution is -2.58. The van der Waals surface area contributed by atoms with E-state index in [1.165, 1.54) is 35.9 Å². The van der Waals surface area contributed by atoms with E-state index in [2.05, 4.69) is 45.5 Å². The number of hydrogen-bond donors (Lipinski definition) is 3. The molecule has 2 amide bonds. The largest absolute Gasteiger partial charge is 0.454 e. The van der Waals surface area contributed by atoms with E-state index in [0.29, 0.717) is 0 Å². The first-order valence-corrected chi connectivity index (χ1v) is 15.0. The van der Waals surface area contributed by atoms with Crippen molar-refractivity contribution in [1.82, 2.24) is 20.1 Å². The minimum Gasteiger partial charge on any atom is -0.454 e. The highest BCUT2D eigenvalue weighted by atomic mass is 16.7. The van der Waals surface area contributed by atoms with Gasteiger partial charge in [-0.1, -0.05) is 43.5 Å². The highest BCUT2D eigenvalue weighted by Gasteiger charge is 2.44. The molecule has 3 aliphatic heterocycles. The molecule has 0 radical (unpaired) electrons. The quantitative estimate of drug-likeness (QED) is 0.420. The molecular formula is C32H40N4O4. The number of aromatic nitrogens is 1. The summed E-state index contributed by atoms with van der Waals surface area (Å²) < 4.78 is 11.2. The van der Waals surface area contributed by atoms with Crippen LogP contribution in [-0.4, -0.2) is 71.0 Å². The molecule has 3 aromatic rings. The van der Waals surface area contributed by atoms with Crippen molar-refractivity contribution in [3.05, 3.63) is 47.7 Å². The van der Waals surface area contributed by atoms with Gasteiger partial charge in [0.25, 0.3) is 0 Å².